The van der Waals surface area contributed by atoms with Gasteiger partial charge < -0.3 is 14.5 Å². The van der Waals surface area contributed by atoms with E-state index in [-0.39, 0.29) is 27.3 Å². The van der Waals surface area contributed by atoms with Crippen molar-refractivity contribution in [3.63, 3.8) is 0 Å². The molecule has 4 N–H and O–H groups in total. The number of carbonyl (C=O) groups is 1. The number of benzene rings is 2. The van der Waals surface area contributed by atoms with Crippen LogP contribution >= 0.6 is 24.0 Å². The normalized spacial score (nSPS) is 17.5. The van der Waals surface area contributed by atoms with Gasteiger partial charge in [-0.3, -0.25) is 5.43 Å². The third-order valence-corrected chi connectivity index (χ3v) is 13.2. The van der Waals surface area contributed by atoms with Gasteiger partial charge in [0.05, 0.1) is 0 Å². The van der Waals surface area contributed by atoms with Gasteiger partial charge in [0.2, 0.25) is 13.4 Å². The Hall–Kier alpha value is -2.74. The van der Waals surface area contributed by atoms with E-state index in [0.717, 1.165) is 23.8 Å². The first kappa shape index (κ1) is 33.8. The highest BCUT2D eigenvalue weighted by atomic mass is 32.2. The molecule has 13 heteroatoms. The molecular weight excluding hydrogens is 597 g/mol. The lowest BCUT2D eigenvalue weighted by molar-refractivity contribution is 0.0525. The number of nitrogens with two attached hydrogens (primary N) is 1. The van der Waals surface area contributed by atoms with Crippen molar-refractivity contribution in [2.24, 2.45) is 10.9 Å². The number of ether oxygens (including phenoxy) is 1. The molecule has 0 fully saturated rings. The third-order valence-electron chi connectivity index (χ3n) is 7.10. The first-order chi connectivity index (χ1) is 19.4. The molecule has 2 aromatic rings. The molecular formula is C29H41F2N5O3S2Si. The fourth-order valence-corrected chi connectivity index (χ4v) is 6.70. The molecule has 230 valence electrons. The fourth-order valence-electron chi connectivity index (χ4n) is 4.00. The summed E-state index contributed by atoms with van der Waals surface area (Å²) in [7, 11) is -2.18. The highest BCUT2D eigenvalue weighted by Crippen LogP contribution is 2.51. The molecule has 1 amide bonds. The molecule has 0 saturated heterocycles. The van der Waals surface area contributed by atoms with E-state index >= 15 is 0 Å². The van der Waals surface area contributed by atoms with Crippen molar-refractivity contribution in [2.45, 2.75) is 83.0 Å². The van der Waals surface area contributed by atoms with Crippen molar-refractivity contribution in [2.75, 3.05) is 6.54 Å². The van der Waals surface area contributed by atoms with E-state index in [1.807, 2.05) is 24.3 Å². The number of amides is 1. The fraction of sp³-hybridized carbons (Fsp3) is 0.483. The number of nitrogens with one attached hydrogen (secondary N) is 2. The summed E-state index contributed by atoms with van der Waals surface area (Å²) in [6.45, 7) is 16.5. The van der Waals surface area contributed by atoms with Crippen LogP contribution in [-0.4, -0.2) is 41.7 Å². The van der Waals surface area contributed by atoms with Crippen LogP contribution in [-0.2, 0) is 9.61 Å². The number of carbonyl (C=O) groups excluding carboxylic acids is 1. The monoisotopic (exact) mass is 637 g/mol. The van der Waals surface area contributed by atoms with Crippen LogP contribution in [0, 0.1) is 11.6 Å². The third kappa shape index (κ3) is 8.00. The van der Waals surface area contributed by atoms with E-state index in [0.29, 0.717) is 18.6 Å². The summed E-state index contributed by atoms with van der Waals surface area (Å²) >= 11 is 6.80. The van der Waals surface area contributed by atoms with Gasteiger partial charge in [-0.2, -0.15) is 5.10 Å². The highest BCUT2D eigenvalue weighted by molar-refractivity contribution is 8.15. The Balaban J connectivity index is 2.04. The van der Waals surface area contributed by atoms with Gasteiger partial charge in [0, 0.05) is 12.1 Å². The average Bonchev–Trinajstić information content (AvgIpc) is 3.26. The second kappa shape index (κ2) is 12.9. The maximum absolute atomic E-state index is 14.9. The lowest BCUT2D eigenvalue weighted by Gasteiger charge is -2.39. The molecule has 1 unspecified atom stereocenters. The van der Waals surface area contributed by atoms with E-state index in [9.17, 15) is 13.6 Å². The Labute approximate surface area is 257 Å². The number of halogens is 2. The van der Waals surface area contributed by atoms with Gasteiger partial charge in [-0.25, -0.2) is 24.4 Å². The van der Waals surface area contributed by atoms with Crippen LogP contribution in [0.5, 0.6) is 5.75 Å². The summed E-state index contributed by atoms with van der Waals surface area (Å²) < 4.78 is 41.1. The van der Waals surface area contributed by atoms with Gasteiger partial charge in [-0.1, -0.05) is 44.7 Å². The maximum Gasteiger partial charge on any atom is 0.407 e. The Morgan fingerprint density at radius 3 is 2.45 bits per heavy atom. The van der Waals surface area contributed by atoms with E-state index < -0.39 is 36.5 Å². The van der Waals surface area contributed by atoms with E-state index in [1.54, 1.807) is 20.8 Å². The molecule has 1 heterocycles. The van der Waals surface area contributed by atoms with Gasteiger partial charge in [0.15, 0.2) is 0 Å². The first-order valence-corrected chi connectivity index (χ1v) is 17.8. The summed E-state index contributed by atoms with van der Waals surface area (Å²) in [5, 5.41) is 9.24. The van der Waals surface area contributed by atoms with Crippen molar-refractivity contribution in [3.8, 4) is 5.75 Å². The summed E-state index contributed by atoms with van der Waals surface area (Å²) in [5.74, 6) is 5.24. The van der Waals surface area contributed by atoms with Gasteiger partial charge in [-0.15, -0.1) is 0 Å². The Morgan fingerprint density at radius 2 is 1.83 bits per heavy atom. The van der Waals surface area contributed by atoms with Gasteiger partial charge in [-0.05, 0) is 99.9 Å². The van der Waals surface area contributed by atoms with Crippen LogP contribution in [0.1, 0.15) is 65.5 Å². The van der Waals surface area contributed by atoms with Crippen molar-refractivity contribution in [1.82, 2.24) is 15.8 Å². The molecule has 1 atom stereocenters. The molecule has 0 spiro atoms. The number of hydrogen-bond acceptors (Lipinski definition) is 7. The minimum Gasteiger partial charge on any atom is -0.543 e. The summed E-state index contributed by atoms with van der Waals surface area (Å²) in [4.78, 5) is 11.3. The first-order valence-electron chi connectivity index (χ1n) is 13.7. The largest absolute Gasteiger partial charge is 0.543 e. The molecule has 42 heavy (non-hydrogen) atoms. The zero-order valence-electron chi connectivity index (χ0n) is 25.4. The van der Waals surface area contributed by atoms with Crippen molar-refractivity contribution in [3.05, 3.63) is 65.2 Å². The minimum absolute atomic E-state index is 0.00672. The van der Waals surface area contributed by atoms with Crippen LogP contribution < -0.4 is 21.0 Å². The van der Waals surface area contributed by atoms with Crippen molar-refractivity contribution >= 4 is 48.5 Å². The number of hydrazine groups is 1. The van der Waals surface area contributed by atoms with Crippen LogP contribution in [0.15, 0.2) is 47.6 Å². The molecule has 1 aliphatic rings. The summed E-state index contributed by atoms with van der Waals surface area (Å²) in [6, 6.07) is 10.9. The molecule has 0 radical (unpaired) electrons. The maximum atomic E-state index is 14.9. The number of nitrogens with zero attached hydrogens (tertiary/aromatic N) is 2. The van der Waals surface area contributed by atoms with Crippen LogP contribution in [0.2, 0.25) is 18.1 Å². The quantitative estimate of drug-likeness (QED) is 0.0939. The molecule has 3 rings (SSSR count). The predicted molar refractivity (Wildman–Crippen MR) is 172 cm³/mol. The topological polar surface area (TPSA) is 101 Å². The minimum atomic E-state index is -2.18. The zero-order valence-corrected chi connectivity index (χ0v) is 28.1. The van der Waals surface area contributed by atoms with Gasteiger partial charge >= 0.3 is 6.09 Å². The van der Waals surface area contributed by atoms with Gasteiger partial charge in [0.1, 0.15) is 32.9 Å². The molecule has 1 aliphatic heterocycles. The van der Waals surface area contributed by atoms with E-state index in [1.165, 1.54) is 16.8 Å². The number of thiocarbonyl (C=S) groups is 1. The Kier molecular flexibility index (Phi) is 10.3. The highest BCUT2D eigenvalue weighted by Gasteiger charge is 2.48. The lowest BCUT2D eigenvalue weighted by atomic mass is 10.00. The number of hydrazone groups is 1. The SMILES string of the molecule is CC(C)(C)OC(=O)NCCCC1(c2cccc(O[Si](C)(C)C(C)(C)C)c2)SC(c2cc(F)ccc2F)=NN1C(=S)NN. The average molecular weight is 638 g/mol. The number of alkyl carbamates (subject to hydrolysis) is 1. The smallest absolute Gasteiger partial charge is 0.407 e. The molecule has 0 aliphatic carbocycles. The zero-order chi connectivity index (χ0) is 31.5. The summed E-state index contributed by atoms with van der Waals surface area (Å²) in [5.41, 5.74) is 2.64. The van der Waals surface area contributed by atoms with Crippen LogP contribution in [0.25, 0.3) is 0 Å². The molecule has 0 aromatic heterocycles. The molecule has 2 aromatic carbocycles. The van der Waals surface area contributed by atoms with Crippen LogP contribution in [0.4, 0.5) is 13.6 Å². The predicted octanol–water partition coefficient (Wildman–Crippen LogP) is 6.97. The molecule has 8 nitrogen and oxygen atoms in total. The number of thioether (sulfide) groups is 1. The Morgan fingerprint density at radius 1 is 1.14 bits per heavy atom. The lowest BCUT2D eigenvalue weighted by Crippen LogP contribution is -2.48. The Bertz CT molecular complexity index is 1350. The molecule has 0 bridgehead atoms. The standard InChI is InChI=1S/C29H41F2N5O3S2Si/c1-27(2,3)38-26(37)33-16-10-15-29(19-11-9-12-21(17-19)39-42(7,8)28(4,5)6)36(25(40)34-32)35-24(41-29)22-18-20(30)13-14-23(22)31/h9,11-14,17-18H,10,15-16,32H2,1-8H3,(H,33,37)(H,34,40). The van der Waals surface area contributed by atoms with Crippen molar-refractivity contribution in [1.29, 1.82) is 0 Å². The number of rotatable bonds is 8. The second-order valence-corrected chi connectivity index (χ2v) is 19.0. The van der Waals surface area contributed by atoms with Gasteiger partial charge in [0.25, 0.3) is 0 Å². The van der Waals surface area contributed by atoms with E-state index in [4.69, 9.17) is 27.2 Å². The van der Waals surface area contributed by atoms with Crippen molar-refractivity contribution < 1.29 is 22.7 Å². The molecule has 0 saturated carbocycles. The number of hydrogen-bond donors (Lipinski definition) is 3. The van der Waals surface area contributed by atoms with Crippen LogP contribution in [0.3, 0.4) is 0 Å². The second-order valence-electron chi connectivity index (χ2n) is 12.6. The van der Waals surface area contributed by atoms with E-state index in [2.05, 4.69) is 49.7 Å². The summed E-state index contributed by atoms with van der Waals surface area (Å²) in [6.07, 6.45) is 0.329.